The predicted molar refractivity (Wildman–Crippen MR) is 70.3 cm³/mol. The van der Waals surface area contributed by atoms with Gasteiger partial charge in [0.05, 0.1) is 6.54 Å². The van der Waals surface area contributed by atoms with Crippen molar-refractivity contribution < 1.29 is 9.59 Å². The lowest BCUT2D eigenvalue weighted by atomic mass is 10.0. The van der Waals surface area contributed by atoms with Gasteiger partial charge in [0.15, 0.2) is 0 Å². The van der Waals surface area contributed by atoms with Crippen molar-refractivity contribution in [2.24, 2.45) is 5.92 Å². The minimum atomic E-state index is -0.398. The van der Waals surface area contributed by atoms with Crippen molar-refractivity contribution in [1.29, 1.82) is 0 Å². The van der Waals surface area contributed by atoms with Gasteiger partial charge in [-0.25, -0.2) is 4.98 Å². The van der Waals surface area contributed by atoms with Gasteiger partial charge in [-0.05, 0) is 12.8 Å². The summed E-state index contributed by atoms with van der Waals surface area (Å²) >= 11 is 0. The molecule has 0 radical (unpaired) electrons. The summed E-state index contributed by atoms with van der Waals surface area (Å²) in [6.45, 7) is 7.14. The van der Waals surface area contributed by atoms with E-state index in [0.29, 0.717) is 13.1 Å². The molecular weight excluding hydrogens is 244 g/mol. The fourth-order valence-electron chi connectivity index (χ4n) is 2.24. The molecule has 1 atom stereocenters. The van der Waals surface area contributed by atoms with E-state index in [1.165, 1.54) is 0 Å². The van der Waals surface area contributed by atoms with Crippen molar-refractivity contribution >= 4 is 11.8 Å². The van der Waals surface area contributed by atoms with E-state index >= 15 is 0 Å². The van der Waals surface area contributed by atoms with E-state index in [4.69, 9.17) is 0 Å². The Bertz CT molecular complexity index is 481. The number of nitrogens with zero attached hydrogens (tertiary/aromatic N) is 3. The molecule has 2 amide bonds. The van der Waals surface area contributed by atoms with E-state index in [2.05, 4.69) is 10.3 Å². The number of amides is 2. The molecule has 6 heteroatoms. The van der Waals surface area contributed by atoms with Gasteiger partial charge in [-0.1, -0.05) is 13.8 Å². The number of carbonyl (C=O) groups excluding carboxylic acids is 2. The molecule has 0 aliphatic carbocycles. The molecule has 19 heavy (non-hydrogen) atoms. The summed E-state index contributed by atoms with van der Waals surface area (Å²) in [4.78, 5) is 29.6. The zero-order valence-electron chi connectivity index (χ0n) is 11.6. The highest BCUT2D eigenvalue weighted by Crippen LogP contribution is 2.11. The minimum absolute atomic E-state index is 0.00682. The molecule has 0 saturated carbocycles. The Morgan fingerprint density at radius 2 is 2.16 bits per heavy atom. The summed E-state index contributed by atoms with van der Waals surface area (Å²) in [6.07, 6.45) is 3.61. The van der Waals surface area contributed by atoms with Crippen LogP contribution in [0.1, 0.15) is 19.7 Å². The molecule has 0 bridgehead atoms. The van der Waals surface area contributed by atoms with Crippen LogP contribution in [0.4, 0.5) is 0 Å². The fourth-order valence-corrected chi connectivity index (χ4v) is 2.24. The van der Waals surface area contributed by atoms with Crippen molar-refractivity contribution in [3.05, 3.63) is 18.2 Å². The Kier molecular flexibility index (Phi) is 3.87. The molecule has 1 fully saturated rings. The van der Waals surface area contributed by atoms with Crippen molar-refractivity contribution in [3.8, 4) is 0 Å². The van der Waals surface area contributed by atoms with E-state index in [1.807, 2.05) is 31.5 Å². The van der Waals surface area contributed by atoms with E-state index in [1.54, 1.807) is 11.1 Å². The third-order valence-electron chi connectivity index (χ3n) is 3.43. The van der Waals surface area contributed by atoms with Gasteiger partial charge in [0.2, 0.25) is 11.8 Å². The first kappa shape index (κ1) is 13.6. The Morgan fingerprint density at radius 1 is 1.42 bits per heavy atom. The molecule has 1 N–H and O–H groups in total. The first-order chi connectivity index (χ1) is 8.99. The van der Waals surface area contributed by atoms with Gasteiger partial charge in [0.25, 0.3) is 0 Å². The van der Waals surface area contributed by atoms with Crippen LogP contribution >= 0.6 is 0 Å². The molecule has 2 rings (SSSR count). The third kappa shape index (κ3) is 2.94. The maximum absolute atomic E-state index is 12.2. The zero-order valence-corrected chi connectivity index (χ0v) is 11.6. The smallest absolute Gasteiger partial charge is 0.245 e. The molecule has 1 unspecified atom stereocenters. The second-order valence-electron chi connectivity index (χ2n) is 5.22. The van der Waals surface area contributed by atoms with Crippen molar-refractivity contribution in [2.75, 3.05) is 13.1 Å². The normalized spacial score (nSPS) is 20.0. The average molecular weight is 264 g/mol. The first-order valence-electron chi connectivity index (χ1n) is 6.55. The lowest BCUT2D eigenvalue weighted by Crippen LogP contribution is -2.60. The number of imidazole rings is 1. The number of nitrogens with one attached hydrogen (secondary N) is 1. The van der Waals surface area contributed by atoms with E-state index < -0.39 is 6.04 Å². The number of carbonyl (C=O) groups is 2. The van der Waals surface area contributed by atoms with Gasteiger partial charge in [0, 0.05) is 25.5 Å². The summed E-state index contributed by atoms with van der Waals surface area (Å²) in [5.74, 6) is 0.941. The highest BCUT2D eigenvalue weighted by molar-refractivity contribution is 5.94. The van der Waals surface area contributed by atoms with Crippen LogP contribution in [0.2, 0.25) is 0 Å². The van der Waals surface area contributed by atoms with E-state index in [-0.39, 0.29) is 24.3 Å². The van der Waals surface area contributed by atoms with Gasteiger partial charge in [-0.2, -0.15) is 0 Å². The summed E-state index contributed by atoms with van der Waals surface area (Å²) in [5, 5.41) is 2.75. The van der Waals surface area contributed by atoms with Gasteiger partial charge < -0.3 is 14.8 Å². The van der Waals surface area contributed by atoms with Crippen LogP contribution in [-0.4, -0.2) is 45.4 Å². The lowest BCUT2D eigenvalue weighted by molar-refractivity contribution is -0.145. The molecular formula is C13H20N4O2. The van der Waals surface area contributed by atoms with Crippen LogP contribution < -0.4 is 5.32 Å². The Morgan fingerprint density at radius 3 is 2.74 bits per heavy atom. The lowest BCUT2D eigenvalue weighted by Gasteiger charge is -2.34. The molecule has 2 heterocycles. The monoisotopic (exact) mass is 264 g/mol. The Balaban J connectivity index is 2.01. The molecule has 1 aromatic heterocycles. The zero-order chi connectivity index (χ0) is 14.0. The number of hydrogen-bond acceptors (Lipinski definition) is 3. The highest BCUT2D eigenvalue weighted by atomic mass is 16.2. The maximum Gasteiger partial charge on any atom is 0.245 e. The molecule has 1 aliphatic rings. The molecule has 6 nitrogen and oxygen atoms in total. The fraction of sp³-hybridized carbons (Fsp3) is 0.615. The van der Waals surface area contributed by atoms with Crippen LogP contribution in [0.15, 0.2) is 12.4 Å². The second-order valence-corrected chi connectivity index (χ2v) is 5.22. The first-order valence-corrected chi connectivity index (χ1v) is 6.55. The average Bonchev–Trinajstić information content (AvgIpc) is 2.75. The topological polar surface area (TPSA) is 67.2 Å². The summed E-state index contributed by atoms with van der Waals surface area (Å²) < 4.78 is 1.98. The summed E-state index contributed by atoms with van der Waals surface area (Å²) in [5.41, 5.74) is 0. The van der Waals surface area contributed by atoms with Crippen LogP contribution in [-0.2, 0) is 16.1 Å². The van der Waals surface area contributed by atoms with E-state index in [0.717, 1.165) is 5.82 Å². The maximum atomic E-state index is 12.2. The minimum Gasteiger partial charge on any atom is -0.343 e. The van der Waals surface area contributed by atoms with Crippen LogP contribution in [0.3, 0.4) is 0 Å². The van der Waals surface area contributed by atoms with Gasteiger partial charge >= 0.3 is 0 Å². The molecule has 1 aliphatic heterocycles. The highest BCUT2D eigenvalue weighted by Gasteiger charge is 2.34. The van der Waals surface area contributed by atoms with Crippen molar-refractivity contribution in [3.63, 3.8) is 0 Å². The van der Waals surface area contributed by atoms with Crippen molar-refractivity contribution in [1.82, 2.24) is 19.8 Å². The van der Waals surface area contributed by atoms with Crippen LogP contribution in [0.25, 0.3) is 0 Å². The third-order valence-corrected chi connectivity index (χ3v) is 3.43. The van der Waals surface area contributed by atoms with E-state index in [9.17, 15) is 9.59 Å². The molecule has 0 spiro atoms. The Labute approximate surface area is 112 Å². The number of piperazine rings is 1. The SMILES string of the molecule is Cc1nccn1CCN1CC(=O)NC(C(C)C)C1=O. The number of aryl methyl sites for hydroxylation is 1. The number of aromatic nitrogens is 2. The number of hydrogen-bond donors (Lipinski definition) is 1. The second kappa shape index (κ2) is 5.42. The molecule has 1 aromatic rings. The quantitative estimate of drug-likeness (QED) is 0.843. The van der Waals surface area contributed by atoms with Crippen molar-refractivity contribution in [2.45, 2.75) is 33.4 Å². The largest absolute Gasteiger partial charge is 0.343 e. The molecule has 1 saturated heterocycles. The van der Waals surface area contributed by atoms with Gasteiger partial charge in [0.1, 0.15) is 11.9 Å². The van der Waals surface area contributed by atoms with Crippen LogP contribution in [0.5, 0.6) is 0 Å². The summed E-state index contributed by atoms with van der Waals surface area (Å²) in [6, 6.07) is -0.398. The number of rotatable bonds is 4. The Hall–Kier alpha value is -1.85. The molecule has 0 aromatic carbocycles. The summed E-state index contributed by atoms with van der Waals surface area (Å²) in [7, 11) is 0. The predicted octanol–water partition coefficient (Wildman–Crippen LogP) is 0.175. The standard InChI is InChI=1S/C13H20N4O2/c1-9(2)12-13(19)17(8-11(18)15-12)7-6-16-5-4-14-10(16)3/h4-5,9,12H,6-8H2,1-3H3,(H,15,18). The molecule has 104 valence electrons. The van der Waals surface area contributed by atoms with Gasteiger partial charge in [-0.15, -0.1) is 0 Å². The van der Waals surface area contributed by atoms with Gasteiger partial charge in [-0.3, -0.25) is 9.59 Å². The van der Waals surface area contributed by atoms with Crippen LogP contribution in [0, 0.1) is 12.8 Å².